The fraction of sp³-hybridized carbons (Fsp3) is 0.312. The number of carbonyl (C=O) groups excluding carboxylic acids is 2. The molecule has 2 heterocycles. The molecule has 150 valence electrons. The van der Waals surface area contributed by atoms with E-state index in [0.717, 1.165) is 11.3 Å². The van der Waals surface area contributed by atoms with E-state index in [0.29, 0.717) is 18.1 Å². The van der Waals surface area contributed by atoms with Crippen LogP contribution in [0.25, 0.3) is 11.3 Å². The summed E-state index contributed by atoms with van der Waals surface area (Å²) in [4.78, 5) is 28.1. The van der Waals surface area contributed by atoms with Crippen molar-refractivity contribution in [1.29, 1.82) is 0 Å². The summed E-state index contributed by atoms with van der Waals surface area (Å²) in [5, 5.41) is 11.2. The van der Waals surface area contributed by atoms with Crippen LogP contribution in [-0.2, 0) is 9.59 Å². The fourth-order valence-electron chi connectivity index (χ4n) is 2.60. The number of hydrogen-bond acceptors (Lipinski definition) is 6. The predicted octanol–water partition coefficient (Wildman–Crippen LogP) is 1.82. The molecule has 11 heteroatoms. The van der Waals surface area contributed by atoms with Gasteiger partial charge < -0.3 is 21.7 Å². The van der Waals surface area contributed by atoms with Crippen LogP contribution in [-0.4, -0.2) is 42.0 Å². The Labute approximate surface area is 180 Å². The van der Waals surface area contributed by atoms with Crippen molar-refractivity contribution in [3.63, 3.8) is 0 Å². The van der Waals surface area contributed by atoms with E-state index in [1.54, 1.807) is 0 Å². The lowest BCUT2D eigenvalue weighted by Gasteiger charge is -2.11. The van der Waals surface area contributed by atoms with E-state index in [1.807, 2.05) is 35.7 Å². The summed E-state index contributed by atoms with van der Waals surface area (Å²) in [5.74, 6) is -0.358. The number of halogens is 3. The highest BCUT2D eigenvalue weighted by molar-refractivity contribution is 7.14. The van der Waals surface area contributed by atoms with E-state index in [1.165, 1.54) is 11.3 Å². The van der Waals surface area contributed by atoms with Crippen LogP contribution in [0, 0.1) is 0 Å². The number of nitrogens with two attached hydrogens (primary N) is 1. The van der Waals surface area contributed by atoms with Gasteiger partial charge in [0, 0.05) is 23.5 Å². The van der Waals surface area contributed by atoms with Gasteiger partial charge in [0.1, 0.15) is 0 Å². The average Bonchev–Trinajstić information content (AvgIpc) is 3.25. The van der Waals surface area contributed by atoms with Crippen molar-refractivity contribution < 1.29 is 9.59 Å². The van der Waals surface area contributed by atoms with Crippen LogP contribution in [0.4, 0.5) is 5.13 Å². The van der Waals surface area contributed by atoms with Crippen LogP contribution in [0.15, 0.2) is 35.7 Å². The Kier molecular flexibility index (Phi) is 11.5. The highest BCUT2D eigenvalue weighted by Gasteiger charge is 2.30. The molecule has 5 N–H and O–H groups in total. The van der Waals surface area contributed by atoms with E-state index in [9.17, 15) is 9.59 Å². The van der Waals surface area contributed by atoms with Crippen molar-refractivity contribution in [2.75, 3.05) is 18.4 Å². The number of benzene rings is 1. The minimum Gasteiger partial charge on any atom is -0.351 e. The minimum atomic E-state index is -0.350. The molecular formula is C16H22Cl3N5O2S. The Hall–Kier alpha value is -1.42. The van der Waals surface area contributed by atoms with Crippen molar-refractivity contribution in [2.45, 2.75) is 18.5 Å². The lowest BCUT2D eigenvalue weighted by molar-refractivity contribution is -0.121. The summed E-state index contributed by atoms with van der Waals surface area (Å²) in [6.45, 7) is 0.506. The van der Waals surface area contributed by atoms with Crippen LogP contribution in [0.3, 0.4) is 0 Å². The molecule has 1 aliphatic heterocycles. The second-order valence-electron chi connectivity index (χ2n) is 5.56. The minimum absolute atomic E-state index is 0. The Morgan fingerprint density at radius 3 is 2.59 bits per heavy atom. The van der Waals surface area contributed by atoms with Gasteiger partial charge in [0.2, 0.25) is 11.8 Å². The highest BCUT2D eigenvalue weighted by atomic mass is 35.5. The number of aromatic nitrogens is 1. The molecule has 27 heavy (non-hydrogen) atoms. The van der Waals surface area contributed by atoms with Crippen LogP contribution in [0.5, 0.6) is 0 Å². The number of hydrogen-bond donors (Lipinski definition) is 4. The molecule has 3 rings (SSSR count). The lowest BCUT2D eigenvalue weighted by Crippen LogP contribution is -2.39. The van der Waals surface area contributed by atoms with Crippen molar-refractivity contribution in [3.05, 3.63) is 35.7 Å². The smallest absolute Gasteiger partial charge is 0.243 e. The summed E-state index contributed by atoms with van der Waals surface area (Å²) in [6.07, 6.45) is 0.536. The first-order valence-corrected chi connectivity index (χ1v) is 8.58. The van der Waals surface area contributed by atoms with Crippen LogP contribution >= 0.6 is 48.6 Å². The third kappa shape index (κ3) is 6.91. The zero-order valence-corrected chi connectivity index (χ0v) is 17.5. The number of thiazole rings is 1. The SMILES string of the molecule is Cl.Cl.Cl.NCC(=O)N[C@H]1CN[C@H](C(=O)Nc2nc(-c3ccccc3)cs2)C1. The van der Waals surface area contributed by atoms with E-state index in [-0.39, 0.29) is 67.7 Å². The monoisotopic (exact) mass is 453 g/mol. The molecule has 2 atom stereocenters. The Morgan fingerprint density at radius 1 is 1.22 bits per heavy atom. The van der Waals surface area contributed by atoms with Crippen molar-refractivity contribution in [1.82, 2.24) is 15.6 Å². The summed E-state index contributed by atoms with van der Waals surface area (Å²) in [6, 6.07) is 9.37. The maximum atomic E-state index is 12.3. The maximum Gasteiger partial charge on any atom is 0.243 e. The number of anilines is 1. The van der Waals surface area contributed by atoms with Crippen molar-refractivity contribution in [2.24, 2.45) is 5.73 Å². The van der Waals surface area contributed by atoms with E-state index in [4.69, 9.17) is 5.73 Å². The molecule has 0 saturated carbocycles. The molecule has 0 radical (unpaired) electrons. The molecule has 1 saturated heterocycles. The first kappa shape index (κ1) is 25.6. The number of carbonyl (C=O) groups is 2. The fourth-order valence-corrected chi connectivity index (χ4v) is 3.32. The van der Waals surface area contributed by atoms with Crippen LogP contribution < -0.4 is 21.7 Å². The molecule has 7 nitrogen and oxygen atoms in total. The summed E-state index contributed by atoms with van der Waals surface area (Å²) in [5.41, 5.74) is 7.13. The topological polar surface area (TPSA) is 109 Å². The van der Waals surface area contributed by atoms with E-state index < -0.39 is 0 Å². The largest absolute Gasteiger partial charge is 0.351 e. The standard InChI is InChI=1S/C16H19N5O2S.3ClH/c17-7-14(22)19-11-6-12(18-8-11)15(23)21-16-20-13(9-24-16)10-4-2-1-3-5-10;;;/h1-5,9,11-12,18H,6-8,17H2,(H,19,22)(H,20,21,23);3*1H/t11-,12+;;;/m1.../s1. The van der Waals surface area contributed by atoms with E-state index in [2.05, 4.69) is 20.9 Å². The second-order valence-corrected chi connectivity index (χ2v) is 6.42. The van der Waals surface area contributed by atoms with Gasteiger partial charge in [0.25, 0.3) is 0 Å². The summed E-state index contributed by atoms with van der Waals surface area (Å²) in [7, 11) is 0. The molecule has 0 aliphatic carbocycles. The number of amides is 2. The zero-order chi connectivity index (χ0) is 16.9. The average molecular weight is 455 g/mol. The van der Waals surface area contributed by atoms with Crippen molar-refractivity contribution in [3.8, 4) is 11.3 Å². The normalized spacial score (nSPS) is 17.7. The van der Waals surface area contributed by atoms with Crippen LogP contribution in [0.1, 0.15) is 6.42 Å². The number of rotatable bonds is 5. The molecule has 1 aromatic heterocycles. The first-order valence-electron chi connectivity index (χ1n) is 7.70. The molecule has 2 amide bonds. The first-order chi connectivity index (χ1) is 11.7. The van der Waals surface area contributed by atoms with E-state index >= 15 is 0 Å². The highest BCUT2D eigenvalue weighted by Crippen LogP contribution is 2.24. The molecule has 1 aromatic carbocycles. The lowest BCUT2D eigenvalue weighted by atomic mass is 10.1. The third-order valence-electron chi connectivity index (χ3n) is 3.80. The molecule has 0 bridgehead atoms. The summed E-state index contributed by atoms with van der Waals surface area (Å²) < 4.78 is 0. The molecule has 2 aromatic rings. The molecule has 0 spiro atoms. The summed E-state index contributed by atoms with van der Waals surface area (Å²) >= 11 is 1.39. The van der Waals surface area contributed by atoms with Gasteiger partial charge in [-0.15, -0.1) is 48.6 Å². The quantitative estimate of drug-likeness (QED) is 0.551. The van der Waals surface area contributed by atoms with Gasteiger partial charge >= 0.3 is 0 Å². The molecule has 1 fully saturated rings. The van der Waals surface area contributed by atoms with Gasteiger partial charge in [-0.2, -0.15) is 0 Å². The molecule has 0 unspecified atom stereocenters. The number of nitrogens with zero attached hydrogens (tertiary/aromatic N) is 1. The van der Waals surface area contributed by atoms with Gasteiger partial charge in [-0.05, 0) is 6.42 Å². The maximum absolute atomic E-state index is 12.3. The van der Waals surface area contributed by atoms with Crippen LogP contribution in [0.2, 0.25) is 0 Å². The Morgan fingerprint density at radius 2 is 1.93 bits per heavy atom. The predicted molar refractivity (Wildman–Crippen MR) is 115 cm³/mol. The van der Waals surface area contributed by atoms with Gasteiger partial charge in [-0.1, -0.05) is 30.3 Å². The molecule has 1 aliphatic rings. The Balaban J connectivity index is 0.00000225. The number of nitrogens with one attached hydrogen (secondary N) is 3. The van der Waals surface area contributed by atoms with Gasteiger partial charge in [0.15, 0.2) is 5.13 Å². The third-order valence-corrected chi connectivity index (χ3v) is 4.56. The van der Waals surface area contributed by atoms with Gasteiger partial charge in [-0.3, -0.25) is 9.59 Å². The second kappa shape index (κ2) is 12.1. The zero-order valence-electron chi connectivity index (χ0n) is 14.2. The molecular weight excluding hydrogens is 433 g/mol. The Bertz CT molecular complexity index is 732. The van der Waals surface area contributed by atoms with Crippen molar-refractivity contribution >= 4 is 65.5 Å². The van der Waals surface area contributed by atoms with Gasteiger partial charge in [-0.25, -0.2) is 4.98 Å². The van der Waals surface area contributed by atoms with Gasteiger partial charge in [0.05, 0.1) is 18.3 Å².